The molecule has 1 saturated heterocycles. The zero-order valence-electron chi connectivity index (χ0n) is 13.1. The van der Waals surface area contributed by atoms with Crippen molar-refractivity contribution in [1.29, 1.82) is 0 Å². The van der Waals surface area contributed by atoms with Crippen LogP contribution in [0.25, 0.3) is 0 Å². The molecule has 1 heterocycles. The van der Waals surface area contributed by atoms with Crippen LogP contribution in [-0.2, 0) is 4.79 Å². The molecule has 0 saturated carbocycles. The molecule has 0 spiro atoms. The first-order valence-corrected chi connectivity index (χ1v) is 7.53. The van der Waals surface area contributed by atoms with Gasteiger partial charge in [-0.3, -0.25) is 9.69 Å². The maximum atomic E-state index is 12.2. The second kappa shape index (κ2) is 6.40. The van der Waals surface area contributed by atoms with E-state index in [-0.39, 0.29) is 5.91 Å². The van der Waals surface area contributed by atoms with E-state index in [1.807, 2.05) is 19.1 Å². The van der Waals surface area contributed by atoms with Crippen LogP contribution in [0.2, 0.25) is 0 Å². The third-order valence-corrected chi connectivity index (χ3v) is 3.97. The number of hydrogen-bond donors (Lipinski definition) is 1. The fourth-order valence-corrected chi connectivity index (χ4v) is 3.27. The fourth-order valence-electron chi connectivity index (χ4n) is 3.27. The molecule has 1 aliphatic heterocycles. The number of carbonyl (C=O) groups is 1. The van der Waals surface area contributed by atoms with Gasteiger partial charge in [-0.2, -0.15) is 0 Å². The van der Waals surface area contributed by atoms with E-state index in [1.165, 1.54) is 12.0 Å². The Morgan fingerprint density at radius 3 is 2.50 bits per heavy atom. The number of benzene rings is 1. The molecule has 1 aromatic rings. The van der Waals surface area contributed by atoms with E-state index < -0.39 is 0 Å². The minimum atomic E-state index is 0.0956. The van der Waals surface area contributed by atoms with Crippen molar-refractivity contribution >= 4 is 11.6 Å². The van der Waals surface area contributed by atoms with Crippen molar-refractivity contribution in [3.05, 3.63) is 29.3 Å². The summed E-state index contributed by atoms with van der Waals surface area (Å²) < 4.78 is 0. The number of amides is 1. The predicted octanol–water partition coefficient (Wildman–Crippen LogP) is 3.22. The highest BCUT2D eigenvalue weighted by molar-refractivity contribution is 5.93. The second-order valence-electron chi connectivity index (χ2n) is 6.51. The Morgan fingerprint density at radius 1 is 1.25 bits per heavy atom. The summed E-state index contributed by atoms with van der Waals surface area (Å²) in [5.41, 5.74) is 3.27. The zero-order chi connectivity index (χ0) is 14.7. The third kappa shape index (κ3) is 4.07. The van der Waals surface area contributed by atoms with Crippen LogP contribution in [0.4, 0.5) is 5.69 Å². The van der Waals surface area contributed by atoms with Gasteiger partial charge in [0.15, 0.2) is 0 Å². The topological polar surface area (TPSA) is 32.3 Å². The van der Waals surface area contributed by atoms with Crippen molar-refractivity contribution in [3.63, 3.8) is 0 Å². The first-order valence-electron chi connectivity index (χ1n) is 7.53. The highest BCUT2D eigenvalue weighted by Gasteiger charge is 2.23. The first-order chi connectivity index (χ1) is 9.44. The minimum absolute atomic E-state index is 0.0956. The Morgan fingerprint density at radius 2 is 1.90 bits per heavy atom. The molecule has 2 rings (SSSR count). The molecular formula is C17H26N2O. The summed E-state index contributed by atoms with van der Waals surface area (Å²) in [7, 11) is 0. The molecule has 3 nitrogen and oxygen atoms in total. The molecule has 1 fully saturated rings. The number of aryl methyl sites for hydroxylation is 2. The van der Waals surface area contributed by atoms with Crippen molar-refractivity contribution in [2.24, 2.45) is 11.8 Å². The van der Waals surface area contributed by atoms with Crippen molar-refractivity contribution in [2.45, 2.75) is 34.1 Å². The standard InChI is InChI=1S/C17H26N2O/c1-12-5-6-16(15(4)8-12)18-17(20)11-19-9-13(2)7-14(3)10-19/h5-6,8,13-14H,7,9-11H2,1-4H3,(H,18,20). The lowest BCUT2D eigenvalue weighted by Crippen LogP contribution is -2.42. The SMILES string of the molecule is Cc1ccc(NC(=O)CN2CC(C)CC(C)C2)c(C)c1. The molecule has 0 bridgehead atoms. The minimum Gasteiger partial charge on any atom is -0.325 e. The van der Waals surface area contributed by atoms with Crippen LogP contribution >= 0.6 is 0 Å². The highest BCUT2D eigenvalue weighted by atomic mass is 16.2. The number of piperidine rings is 1. The van der Waals surface area contributed by atoms with Crippen LogP contribution < -0.4 is 5.32 Å². The van der Waals surface area contributed by atoms with E-state index in [2.05, 4.69) is 37.1 Å². The van der Waals surface area contributed by atoms with Crippen molar-refractivity contribution in [1.82, 2.24) is 4.90 Å². The summed E-state index contributed by atoms with van der Waals surface area (Å²) in [6, 6.07) is 6.12. The van der Waals surface area contributed by atoms with Gasteiger partial charge < -0.3 is 5.32 Å². The summed E-state index contributed by atoms with van der Waals surface area (Å²) in [5.74, 6) is 1.47. The van der Waals surface area contributed by atoms with Crippen LogP contribution in [0.15, 0.2) is 18.2 Å². The molecule has 20 heavy (non-hydrogen) atoms. The van der Waals surface area contributed by atoms with Gasteiger partial charge in [-0.15, -0.1) is 0 Å². The predicted molar refractivity (Wildman–Crippen MR) is 83.9 cm³/mol. The first kappa shape index (κ1) is 15.0. The molecule has 0 aromatic heterocycles. The molecule has 1 amide bonds. The van der Waals surface area contributed by atoms with E-state index >= 15 is 0 Å². The Labute approximate surface area is 122 Å². The van der Waals surface area contributed by atoms with Gasteiger partial charge in [-0.1, -0.05) is 31.5 Å². The molecule has 1 N–H and O–H groups in total. The summed E-state index contributed by atoms with van der Waals surface area (Å²) >= 11 is 0. The van der Waals surface area contributed by atoms with Gasteiger partial charge in [0.05, 0.1) is 6.54 Å². The summed E-state index contributed by atoms with van der Waals surface area (Å²) in [6.45, 7) is 11.2. The smallest absolute Gasteiger partial charge is 0.238 e. The van der Waals surface area contributed by atoms with Gasteiger partial charge in [0.2, 0.25) is 5.91 Å². The number of likely N-dealkylation sites (tertiary alicyclic amines) is 1. The Kier molecular flexibility index (Phi) is 4.81. The normalized spacial score (nSPS) is 23.6. The lowest BCUT2D eigenvalue weighted by molar-refractivity contribution is -0.117. The van der Waals surface area contributed by atoms with Crippen molar-refractivity contribution in [2.75, 3.05) is 25.0 Å². The number of nitrogens with zero attached hydrogens (tertiary/aromatic N) is 1. The van der Waals surface area contributed by atoms with Crippen molar-refractivity contribution in [3.8, 4) is 0 Å². The molecule has 3 heteroatoms. The van der Waals surface area contributed by atoms with Crippen LogP contribution in [0.5, 0.6) is 0 Å². The maximum absolute atomic E-state index is 12.2. The van der Waals surface area contributed by atoms with E-state index in [9.17, 15) is 4.79 Å². The lowest BCUT2D eigenvalue weighted by atomic mass is 9.92. The Hall–Kier alpha value is -1.35. The lowest BCUT2D eigenvalue weighted by Gasteiger charge is -2.34. The van der Waals surface area contributed by atoms with Gasteiger partial charge in [-0.25, -0.2) is 0 Å². The number of nitrogens with one attached hydrogen (secondary N) is 1. The van der Waals surface area contributed by atoms with E-state index in [1.54, 1.807) is 0 Å². The Bertz CT molecular complexity index is 474. The van der Waals surface area contributed by atoms with Gasteiger partial charge in [0, 0.05) is 18.8 Å². The van der Waals surface area contributed by atoms with Crippen LogP contribution in [0.3, 0.4) is 0 Å². The largest absolute Gasteiger partial charge is 0.325 e. The molecule has 0 aliphatic carbocycles. The number of hydrogen-bond acceptors (Lipinski definition) is 2. The Balaban J connectivity index is 1.92. The average molecular weight is 274 g/mol. The maximum Gasteiger partial charge on any atom is 0.238 e. The zero-order valence-corrected chi connectivity index (χ0v) is 13.1. The number of rotatable bonds is 3. The number of carbonyl (C=O) groups excluding carboxylic acids is 1. The van der Waals surface area contributed by atoms with Gasteiger partial charge in [-0.05, 0) is 43.7 Å². The van der Waals surface area contributed by atoms with E-state index in [0.29, 0.717) is 18.4 Å². The molecule has 0 radical (unpaired) electrons. The number of anilines is 1. The quantitative estimate of drug-likeness (QED) is 0.918. The molecule has 1 aliphatic rings. The molecule has 2 unspecified atom stereocenters. The molecule has 2 atom stereocenters. The second-order valence-corrected chi connectivity index (χ2v) is 6.51. The van der Waals surface area contributed by atoms with Crippen LogP contribution in [-0.4, -0.2) is 30.4 Å². The summed E-state index contributed by atoms with van der Waals surface area (Å²) in [5, 5.41) is 3.03. The third-order valence-electron chi connectivity index (χ3n) is 3.97. The fraction of sp³-hybridized carbons (Fsp3) is 0.588. The van der Waals surface area contributed by atoms with Crippen molar-refractivity contribution < 1.29 is 4.79 Å². The highest BCUT2D eigenvalue weighted by Crippen LogP contribution is 2.21. The van der Waals surface area contributed by atoms with Crippen LogP contribution in [0.1, 0.15) is 31.4 Å². The van der Waals surface area contributed by atoms with Gasteiger partial charge >= 0.3 is 0 Å². The summed E-state index contributed by atoms with van der Waals surface area (Å²) in [4.78, 5) is 14.5. The van der Waals surface area contributed by atoms with E-state index in [0.717, 1.165) is 24.3 Å². The van der Waals surface area contributed by atoms with E-state index in [4.69, 9.17) is 0 Å². The average Bonchev–Trinajstić information content (AvgIpc) is 2.31. The molecular weight excluding hydrogens is 248 g/mol. The monoisotopic (exact) mass is 274 g/mol. The van der Waals surface area contributed by atoms with Crippen LogP contribution in [0, 0.1) is 25.7 Å². The molecule has 1 aromatic carbocycles. The van der Waals surface area contributed by atoms with Gasteiger partial charge in [0.25, 0.3) is 0 Å². The summed E-state index contributed by atoms with van der Waals surface area (Å²) in [6.07, 6.45) is 1.27. The molecule has 110 valence electrons. The van der Waals surface area contributed by atoms with Gasteiger partial charge in [0.1, 0.15) is 0 Å².